The molecule has 156 valence electrons. The number of carbonyl (C=O) groups excluding carboxylic acids is 1. The molecule has 0 fully saturated rings. The van der Waals surface area contributed by atoms with Crippen LogP contribution < -0.4 is 5.32 Å². The predicted octanol–water partition coefficient (Wildman–Crippen LogP) is 2.46. The number of imidazole rings is 1. The molecule has 0 aliphatic carbocycles. The third-order valence-corrected chi connectivity index (χ3v) is 6.63. The molecule has 0 saturated carbocycles. The molecule has 0 spiro atoms. The van der Waals surface area contributed by atoms with Crippen LogP contribution in [0.2, 0.25) is 0 Å². The number of nitriles is 1. The number of hydrogen-bond donors (Lipinski definition) is 1. The highest BCUT2D eigenvalue weighted by molar-refractivity contribution is 7.89. The zero-order valence-corrected chi connectivity index (χ0v) is 17.9. The van der Waals surface area contributed by atoms with E-state index in [9.17, 15) is 13.2 Å². The number of aryl methyl sites for hydroxylation is 2. The molecule has 0 unspecified atom stereocenters. The number of nitrogens with one attached hydrogen (secondary N) is 1. The van der Waals surface area contributed by atoms with Gasteiger partial charge in [0.05, 0.1) is 28.4 Å². The van der Waals surface area contributed by atoms with Crippen molar-refractivity contribution in [1.29, 1.82) is 5.26 Å². The van der Waals surface area contributed by atoms with Crippen LogP contribution in [-0.2, 0) is 34.7 Å². The van der Waals surface area contributed by atoms with Crippen molar-refractivity contribution in [3.8, 4) is 6.07 Å². The monoisotopic (exact) mass is 425 g/mol. The summed E-state index contributed by atoms with van der Waals surface area (Å²) >= 11 is 0. The molecule has 0 saturated heterocycles. The van der Waals surface area contributed by atoms with Crippen molar-refractivity contribution in [3.05, 3.63) is 53.9 Å². The quantitative estimate of drug-likeness (QED) is 0.626. The first-order valence-corrected chi connectivity index (χ1v) is 10.8. The normalized spacial score (nSPS) is 11.6. The topological polar surface area (TPSA) is 108 Å². The SMILES string of the molecule is CN(C)S(=O)(=O)c1ccc2c(c1)nc(CCC(=O)Nc1ccc(CC#N)cc1)n2C. The fourth-order valence-electron chi connectivity index (χ4n) is 3.07. The molecule has 0 atom stereocenters. The van der Waals surface area contributed by atoms with Crippen LogP contribution in [-0.4, -0.2) is 42.3 Å². The average molecular weight is 426 g/mol. The first-order chi connectivity index (χ1) is 14.2. The van der Waals surface area contributed by atoms with Gasteiger partial charge in [-0.15, -0.1) is 0 Å². The van der Waals surface area contributed by atoms with Crippen LogP contribution in [0.25, 0.3) is 11.0 Å². The standard InChI is InChI=1S/C21H23N5O3S/c1-25(2)30(28,29)17-8-9-19-18(14-17)24-20(26(19)3)10-11-21(27)23-16-6-4-15(5-7-16)12-13-22/h4-9,14H,10-12H2,1-3H3,(H,23,27). The Morgan fingerprint density at radius 3 is 2.53 bits per heavy atom. The van der Waals surface area contributed by atoms with Gasteiger partial charge in [-0.3, -0.25) is 4.79 Å². The number of sulfonamides is 1. The number of hydrogen-bond acceptors (Lipinski definition) is 5. The number of nitrogens with zero attached hydrogens (tertiary/aromatic N) is 4. The summed E-state index contributed by atoms with van der Waals surface area (Å²) in [5.41, 5.74) is 2.94. The van der Waals surface area contributed by atoms with E-state index in [2.05, 4.69) is 16.4 Å². The maximum Gasteiger partial charge on any atom is 0.242 e. The maximum atomic E-state index is 12.3. The number of rotatable bonds is 7. The second-order valence-corrected chi connectivity index (χ2v) is 9.26. The lowest BCUT2D eigenvalue weighted by Crippen LogP contribution is -2.22. The summed E-state index contributed by atoms with van der Waals surface area (Å²) in [5.74, 6) is 0.551. The van der Waals surface area contributed by atoms with E-state index in [4.69, 9.17) is 5.26 Å². The van der Waals surface area contributed by atoms with Gasteiger partial charge < -0.3 is 9.88 Å². The van der Waals surface area contributed by atoms with Gasteiger partial charge in [-0.05, 0) is 35.9 Å². The van der Waals surface area contributed by atoms with E-state index in [0.717, 1.165) is 15.4 Å². The highest BCUT2D eigenvalue weighted by Gasteiger charge is 2.19. The van der Waals surface area contributed by atoms with Crippen molar-refractivity contribution in [1.82, 2.24) is 13.9 Å². The highest BCUT2D eigenvalue weighted by Crippen LogP contribution is 2.22. The zero-order valence-electron chi connectivity index (χ0n) is 17.1. The van der Waals surface area contributed by atoms with Crippen molar-refractivity contribution >= 4 is 32.7 Å². The van der Waals surface area contributed by atoms with Gasteiger partial charge in [-0.25, -0.2) is 17.7 Å². The number of fused-ring (bicyclic) bond motifs is 1. The number of benzene rings is 2. The Morgan fingerprint density at radius 2 is 1.90 bits per heavy atom. The number of anilines is 1. The van der Waals surface area contributed by atoms with Gasteiger partial charge in [0.25, 0.3) is 0 Å². The summed E-state index contributed by atoms with van der Waals surface area (Å²) < 4.78 is 27.7. The number of amides is 1. The molecule has 2 aromatic carbocycles. The van der Waals surface area contributed by atoms with E-state index < -0.39 is 10.0 Å². The number of aromatic nitrogens is 2. The van der Waals surface area contributed by atoms with Crippen LogP contribution in [0.5, 0.6) is 0 Å². The lowest BCUT2D eigenvalue weighted by atomic mass is 10.1. The Balaban J connectivity index is 1.70. The van der Waals surface area contributed by atoms with Crippen LogP contribution in [0, 0.1) is 11.3 Å². The molecular weight excluding hydrogens is 402 g/mol. The Morgan fingerprint density at radius 1 is 1.20 bits per heavy atom. The molecule has 0 aliphatic rings. The van der Waals surface area contributed by atoms with Crippen molar-refractivity contribution in [2.24, 2.45) is 7.05 Å². The van der Waals surface area contributed by atoms with E-state index in [1.165, 1.54) is 14.1 Å². The molecule has 0 radical (unpaired) electrons. The summed E-state index contributed by atoms with van der Waals surface area (Å²) in [6.07, 6.45) is 0.984. The number of carbonyl (C=O) groups is 1. The molecule has 1 amide bonds. The van der Waals surface area contributed by atoms with Crippen LogP contribution in [0.15, 0.2) is 47.4 Å². The van der Waals surface area contributed by atoms with Crippen molar-refractivity contribution in [2.45, 2.75) is 24.2 Å². The van der Waals surface area contributed by atoms with Gasteiger partial charge in [0.15, 0.2) is 0 Å². The molecule has 3 aromatic rings. The van der Waals surface area contributed by atoms with Gasteiger partial charge in [0.1, 0.15) is 5.82 Å². The summed E-state index contributed by atoms with van der Waals surface area (Å²) in [6, 6.07) is 14.1. The first kappa shape index (κ1) is 21.5. The van der Waals surface area contributed by atoms with Crippen LogP contribution in [0.1, 0.15) is 17.8 Å². The van der Waals surface area contributed by atoms with Crippen LogP contribution in [0.3, 0.4) is 0 Å². The molecular formula is C21H23N5O3S. The second kappa shape index (κ2) is 8.65. The van der Waals surface area contributed by atoms with Crippen LogP contribution in [0.4, 0.5) is 5.69 Å². The smallest absolute Gasteiger partial charge is 0.242 e. The molecule has 9 heteroatoms. The summed E-state index contributed by atoms with van der Waals surface area (Å²) in [5, 5.41) is 11.5. The third-order valence-electron chi connectivity index (χ3n) is 4.82. The summed E-state index contributed by atoms with van der Waals surface area (Å²) in [7, 11) is 1.28. The molecule has 1 aromatic heterocycles. The Bertz CT molecular complexity index is 1220. The molecule has 0 aliphatic heterocycles. The summed E-state index contributed by atoms with van der Waals surface area (Å²) in [4.78, 5) is 17.0. The molecule has 3 rings (SSSR count). The van der Waals surface area contributed by atoms with E-state index in [-0.39, 0.29) is 17.2 Å². The summed E-state index contributed by atoms with van der Waals surface area (Å²) in [6.45, 7) is 0. The second-order valence-electron chi connectivity index (χ2n) is 7.10. The minimum Gasteiger partial charge on any atom is -0.331 e. The fourth-order valence-corrected chi connectivity index (χ4v) is 3.99. The largest absolute Gasteiger partial charge is 0.331 e. The van der Waals surface area contributed by atoms with Gasteiger partial charge in [0, 0.05) is 39.7 Å². The molecule has 8 nitrogen and oxygen atoms in total. The van der Waals surface area contributed by atoms with E-state index >= 15 is 0 Å². The molecule has 30 heavy (non-hydrogen) atoms. The minimum absolute atomic E-state index is 0.147. The van der Waals surface area contributed by atoms with Gasteiger partial charge >= 0.3 is 0 Å². The lowest BCUT2D eigenvalue weighted by Gasteiger charge is -2.10. The Kier molecular flexibility index (Phi) is 6.20. The third kappa shape index (κ3) is 4.50. The van der Waals surface area contributed by atoms with Crippen LogP contribution >= 0.6 is 0 Å². The Hall–Kier alpha value is -3.22. The Labute approximate surface area is 175 Å². The van der Waals surface area contributed by atoms with E-state index in [1.807, 2.05) is 23.7 Å². The molecule has 0 bridgehead atoms. The highest BCUT2D eigenvalue weighted by atomic mass is 32.2. The van der Waals surface area contributed by atoms with Crippen molar-refractivity contribution in [3.63, 3.8) is 0 Å². The van der Waals surface area contributed by atoms with E-state index in [0.29, 0.717) is 29.9 Å². The predicted molar refractivity (Wildman–Crippen MR) is 114 cm³/mol. The van der Waals surface area contributed by atoms with Crippen molar-refractivity contribution < 1.29 is 13.2 Å². The van der Waals surface area contributed by atoms with Gasteiger partial charge in [-0.1, -0.05) is 12.1 Å². The first-order valence-electron chi connectivity index (χ1n) is 9.36. The maximum absolute atomic E-state index is 12.3. The molecule has 1 N–H and O–H groups in total. The fraction of sp³-hybridized carbons (Fsp3) is 0.286. The van der Waals surface area contributed by atoms with Crippen molar-refractivity contribution in [2.75, 3.05) is 19.4 Å². The minimum atomic E-state index is -3.54. The molecule has 1 heterocycles. The van der Waals surface area contributed by atoms with Gasteiger partial charge in [0.2, 0.25) is 15.9 Å². The zero-order chi connectivity index (χ0) is 21.9. The average Bonchev–Trinajstić information content (AvgIpc) is 3.03. The lowest BCUT2D eigenvalue weighted by molar-refractivity contribution is -0.116. The van der Waals surface area contributed by atoms with E-state index in [1.54, 1.807) is 30.3 Å². The van der Waals surface area contributed by atoms with Gasteiger partial charge in [-0.2, -0.15) is 5.26 Å².